The summed E-state index contributed by atoms with van der Waals surface area (Å²) in [6, 6.07) is 46.5. The van der Waals surface area contributed by atoms with Gasteiger partial charge in [0.15, 0.2) is 0 Å². The van der Waals surface area contributed by atoms with E-state index < -0.39 is 0 Å². The second-order valence-electron chi connectivity index (χ2n) is 16.0. The van der Waals surface area contributed by atoms with Crippen LogP contribution in [-0.2, 0) is 5.41 Å². The molecule has 3 aliphatic carbocycles. The van der Waals surface area contributed by atoms with E-state index in [0.717, 1.165) is 11.8 Å². The Bertz CT molecular complexity index is 2230. The molecule has 6 aromatic rings. The zero-order chi connectivity index (χ0) is 33.4. The largest absolute Gasteiger partial charge is 0.310 e. The van der Waals surface area contributed by atoms with Crippen LogP contribution in [0.25, 0.3) is 33.0 Å². The fraction of sp³-hybridized carbons (Fsp3) is 0.292. The van der Waals surface area contributed by atoms with Gasteiger partial charge in [-0.1, -0.05) is 125 Å². The van der Waals surface area contributed by atoms with Crippen LogP contribution < -0.4 is 4.90 Å². The van der Waals surface area contributed by atoms with Crippen LogP contribution in [0.3, 0.4) is 0 Å². The molecule has 0 N–H and O–H groups in total. The van der Waals surface area contributed by atoms with Crippen molar-refractivity contribution in [3.05, 3.63) is 149 Å². The normalized spacial score (nSPS) is 20.2. The van der Waals surface area contributed by atoms with E-state index in [1.807, 2.05) is 0 Å². The summed E-state index contributed by atoms with van der Waals surface area (Å²) in [4.78, 5) is 2.65. The molecular weight excluding hydrogens is 591 g/mol. The van der Waals surface area contributed by atoms with Crippen molar-refractivity contribution in [1.82, 2.24) is 0 Å². The van der Waals surface area contributed by atoms with Gasteiger partial charge >= 0.3 is 0 Å². The summed E-state index contributed by atoms with van der Waals surface area (Å²) >= 11 is 0. The number of hydrogen-bond donors (Lipinski definition) is 0. The van der Waals surface area contributed by atoms with E-state index in [1.54, 1.807) is 0 Å². The van der Waals surface area contributed by atoms with Gasteiger partial charge in [-0.2, -0.15) is 0 Å². The minimum atomic E-state index is -0.0844. The van der Waals surface area contributed by atoms with Gasteiger partial charge in [-0.25, -0.2) is 0 Å². The summed E-state index contributed by atoms with van der Waals surface area (Å²) in [6.45, 7) is 11.7. The fourth-order valence-electron chi connectivity index (χ4n) is 10.0. The number of benzene rings is 6. The monoisotopic (exact) mass is 637 g/mol. The first-order valence-electron chi connectivity index (χ1n) is 18.6. The van der Waals surface area contributed by atoms with Crippen molar-refractivity contribution < 1.29 is 0 Å². The average Bonchev–Trinajstić information content (AvgIpc) is 3.81. The van der Waals surface area contributed by atoms with Gasteiger partial charge in [-0.15, -0.1) is 0 Å². The Morgan fingerprint density at radius 3 is 2.16 bits per heavy atom. The Morgan fingerprint density at radius 2 is 1.39 bits per heavy atom. The summed E-state index contributed by atoms with van der Waals surface area (Å²) in [6.07, 6.45) is 5.50. The zero-order valence-electron chi connectivity index (χ0n) is 29.6. The Balaban J connectivity index is 1.34. The number of para-hydroxylation sites is 1. The molecule has 2 fully saturated rings. The van der Waals surface area contributed by atoms with Gasteiger partial charge in [0.1, 0.15) is 0 Å². The SMILES string of the molecule is Cc1cccc2c1-c1ccc(N(c3cc4ccccc4cc3-c3ccccc3C(C)C)c3ccccc3C3CC4CCC3C4)cc1C2(C)C. The number of anilines is 3. The lowest BCUT2D eigenvalue weighted by Crippen LogP contribution is -2.19. The maximum Gasteiger partial charge on any atom is 0.0546 e. The minimum absolute atomic E-state index is 0.0844. The van der Waals surface area contributed by atoms with Crippen molar-refractivity contribution in [2.45, 2.75) is 77.6 Å². The molecule has 49 heavy (non-hydrogen) atoms. The minimum Gasteiger partial charge on any atom is -0.310 e. The number of hydrogen-bond acceptors (Lipinski definition) is 1. The van der Waals surface area contributed by atoms with Crippen LogP contribution in [0, 0.1) is 18.8 Å². The molecule has 3 unspecified atom stereocenters. The maximum absolute atomic E-state index is 2.65. The van der Waals surface area contributed by atoms with E-state index in [-0.39, 0.29) is 5.41 Å². The van der Waals surface area contributed by atoms with Crippen LogP contribution in [0.1, 0.15) is 93.0 Å². The Morgan fingerprint density at radius 1 is 0.633 bits per heavy atom. The molecule has 0 radical (unpaired) electrons. The van der Waals surface area contributed by atoms with Crippen molar-refractivity contribution in [3.8, 4) is 22.3 Å². The fourth-order valence-corrected chi connectivity index (χ4v) is 10.0. The summed E-state index contributed by atoms with van der Waals surface area (Å²) in [5.41, 5.74) is 16.3. The van der Waals surface area contributed by atoms with Gasteiger partial charge in [0, 0.05) is 22.4 Å². The lowest BCUT2D eigenvalue weighted by molar-refractivity contribution is 0.420. The van der Waals surface area contributed by atoms with E-state index in [9.17, 15) is 0 Å². The molecule has 3 atom stereocenters. The number of aryl methyl sites for hydroxylation is 1. The highest BCUT2D eigenvalue weighted by atomic mass is 15.1. The van der Waals surface area contributed by atoms with Crippen molar-refractivity contribution in [2.75, 3.05) is 4.90 Å². The van der Waals surface area contributed by atoms with Crippen molar-refractivity contribution >= 4 is 27.8 Å². The molecule has 1 nitrogen and oxygen atoms in total. The third kappa shape index (κ3) is 4.80. The second-order valence-corrected chi connectivity index (χ2v) is 16.0. The number of nitrogens with zero attached hydrogens (tertiary/aromatic N) is 1. The zero-order valence-corrected chi connectivity index (χ0v) is 29.6. The van der Waals surface area contributed by atoms with Crippen molar-refractivity contribution in [2.24, 2.45) is 11.8 Å². The lowest BCUT2D eigenvalue weighted by atomic mass is 9.81. The standard InChI is InChI=1S/C48H47N/c1-30(2)37-16-8-9-17-38(37)42-27-33-14-6-7-15-34(33)28-46(42)49(45-20-11-10-18-39(45)41-26-32-21-22-35(41)25-32)36-23-24-40-44(29-36)48(4,5)43-19-12-13-31(3)47(40)43/h6-20,23-24,27-30,32,35,41H,21-22,25-26H2,1-5H3. The van der Waals surface area contributed by atoms with Gasteiger partial charge < -0.3 is 4.90 Å². The van der Waals surface area contributed by atoms with Crippen LogP contribution in [0.5, 0.6) is 0 Å². The molecule has 0 spiro atoms. The highest BCUT2D eigenvalue weighted by Crippen LogP contribution is 2.57. The molecule has 2 bridgehead atoms. The first-order valence-corrected chi connectivity index (χ1v) is 18.6. The Labute approximate surface area is 292 Å². The third-order valence-electron chi connectivity index (χ3n) is 12.4. The van der Waals surface area contributed by atoms with E-state index in [2.05, 4.69) is 161 Å². The smallest absolute Gasteiger partial charge is 0.0546 e. The van der Waals surface area contributed by atoms with Crippen LogP contribution >= 0.6 is 0 Å². The van der Waals surface area contributed by atoms with Gasteiger partial charge in [0.05, 0.1) is 5.69 Å². The Kier molecular flexibility index (Phi) is 7.13. The average molecular weight is 638 g/mol. The first-order chi connectivity index (χ1) is 23.8. The molecule has 9 rings (SSSR count). The molecule has 3 aliphatic rings. The highest BCUT2D eigenvalue weighted by Gasteiger charge is 2.42. The molecule has 2 saturated carbocycles. The van der Waals surface area contributed by atoms with Crippen LogP contribution in [0.2, 0.25) is 0 Å². The predicted molar refractivity (Wildman–Crippen MR) is 209 cm³/mol. The van der Waals surface area contributed by atoms with Gasteiger partial charge in [0.2, 0.25) is 0 Å². The van der Waals surface area contributed by atoms with Crippen LogP contribution in [0.4, 0.5) is 17.1 Å². The van der Waals surface area contributed by atoms with Crippen molar-refractivity contribution in [1.29, 1.82) is 0 Å². The Hall–Kier alpha value is -4.62. The molecule has 0 aliphatic heterocycles. The molecular formula is C48H47N. The molecule has 244 valence electrons. The highest BCUT2D eigenvalue weighted by molar-refractivity contribution is 5.99. The predicted octanol–water partition coefficient (Wildman–Crippen LogP) is 13.6. The van der Waals surface area contributed by atoms with Crippen LogP contribution in [0.15, 0.2) is 121 Å². The summed E-state index contributed by atoms with van der Waals surface area (Å²) < 4.78 is 0. The molecule has 6 aromatic carbocycles. The quantitative estimate of drug-likeness (QED) is 0.176. The molecule has 1 heteroatoms. The first kappa shape index (κ1) is 30.4. The topological polar surface area (TPSA) is 3.24 Å². The lowest BCUT2D eigenvalue weighted by Gasteiger charge is -2.34. The molecule has 0 saturated heterocycles. The molecule has 0 aromatic heterocycles. The summed E-state index contributed by atoms with van der Waals surface area (Å²) in [5.74, 6) is 2.70. The van der Waals surface area contributed by atoms with Gasteiger partial charge in [-0.05, 0) is 135 Å². The van der Waals surface area contributed by atoms with Gasteiger partial charge in [-0.3, -0.25) is 0 Å². The van der Waals surface area contributed by atoms with Gasteiger partial charge in [0.25, 0.3) is 0 Å². The summed E-state index contributed by atoms with van der Waals surface area (Å²) in [7, 11) is 0. The number of fused-ring (bicyclic) bond motifs is 6. The summed E-state index contributed by atoms with van der Waals surface area (Å²) in [5, 5.41) is 2.55. The van der Waals surface area contributed by atoms with E-state index in [1.165, 1.54) is 104 Å². The second kappa shape index (κ2) is 11.5. The number of rotatable bonds is 6. The molecule has 0 amide bonds. The third-order valence-corrected chi connectivity index (χ3v) is 12.4. The van der Waals surface area contributed by atoms with E-state index in [0.29, 0.717) is 11.8 Å². The maximum atomic E-state index is 2.65. The van der Waals surface area contributed by atoms with Crippen LogP contribution in [-0.4, -0.2) is 0 Å². The van der Waals surface area contributed by atoms with E-state index >= 15 is 0 Å². The van der Waals surface area contributed by atoms with Crippen molar-refractivity contribution in [3.63, 3.8) is 0 Å². The van der Waals surface area contributed by atoms with E-state index in [4.69, 9.17) is 0 Å². The molecule has 0 heterocycles.